The van der Waals surface area contributed by atoms with Crippen LogP contribution in [0.1, 0.15) is 11.1 Å². The van der Waals surface area contributed by atoms with E-state index >= 15 is 0 Å². The third kappa shape index (κ3) is 2.95. The van der Waals surface area contributed by atoms with Gasteiger partial charge < -0.3 is 5.32 Å². The zero-order valence-corrected chi connectivity index (χ0v) is 10.0. The Kier molecular flexibility index (Phi) is 3.72. The Morgan fingerprint density at radius 2 is 2.00 bits per heavy atom. The molecular formula is C13H13N5. The largest absolute Gasteiger partial charge is 0.366 e. The normalized spacial score (nSPS) is 9.56. The first-order chi connectivity index (χ1) is 8.79. The lowest BCUT2D eigenvalue weighted by molar-refractivity contribution is 1.07. The average Bonchev–Trinajstić information content (AvgIpc) is 2.39. The van der Waals surface area contributed by atoms with Crippen molar-refractivity contribution in [1.82, 2.24) is 9.97 Å². The highest BCUT2D eigenvalue weighted by molar-refractivity contribution is 5.48. The van der Waals surface area contributed by atoms with Crippen molar-refractivity contribution in [2.24, 2.45) is 0 Å². The summed E-state index contributed by atoms with van der Waals surface area (Å²) in [6.07, 6.45) is 3.24. The van der Waals surface area contributed by atoms with E-state index in [1.807, 2.05) is 18.3 Å². The minimum absolute atomic E-state index is 0.486. The standard InChI is InChI=1S/C13H13N5/c1-10-4-2-3-5-11(10)7-15-12-6-13(16-8-14)18-9-17-12/h2-6,9H,7H2,1H3,(H2,15,16,17,18). The van der Waals surface area contributed by atoms with Gasteiger partial charge in [0.15, 0.2) is 6.19 Å². The molecule has 0 fully saturated rings. The SMILES string of the molecule is Cc1ccccc1CNc1cc(NC#N)ncn1. The molecule has 0 saturated carbocycles. The van der Waals surface area contributed by atoms with E-state index in [-0.39, 0.29) is 0 Å². The van der Waals surface area contributed by atoms with Gasteiger partial charge in [0, 0.05) is 12.6 Å². The zero-order valence-electron chi connectivity index (χ0n) is 10.0. The van der Waals surface area contributed by atoms with Gasteiger partial charge >= 0.3 is 0 Å². The number of benzene rings is 1. The molecule has 0 spiro atoms. The van der Waals surface area contributed by atoms with E-state index < -0.39 is 0 Å². The highest BCUT2D eigenvalue weighted by Crippen LogP contribution is 2.12. The Bertz CT molecular complexity index is 574. The fourth-order valence-corrected chi connectivity index (χ4v) is 1.57. The van der Waals surface area contributed by atoms with Crippen molar-refractivity contribution < 1.29 is 0 Å². The smallest absolute Gasteiger partial charge is 0.182 e. The molecule has 0 aliphatic rings. The number of hydrogen-bond donors (Lipinski definition) is 2. The van der Waals surface area contributed by atoms with Crippen LogP contribution in [0.4, 0.5) is 11.6 Å². The minimum atomic E-state index is 0.486. The molecule has 0 amide bonds. The summed E-state index contributed by atoms with van der Waals surface area (Å²) in [6, 6.07) is 9.85. The third-order valence-electron chi connectivity index (χ3n) is 2.57. The molecule has 0 aliphatic heterocycles. The molecule has 0 bridgehead atoms. The first-order valence-corrected chi connectivity index (χ1v) is 5.55. The van der Waals surface area contributed by atoms with Gasteiger partial charge in [-0.05, 0) is 18.1 Å². The second-order valence-corrected chi connectivity index (χ2v) is 3.81. The molecule has 1 aromatic heterocycles. The molecule has 0 radical (unpaired) electrons. The van der Waals surface area contributed by atoms with E-state index in [9.17, 15) is 0 Å². The molecule has 18 heavy (non-hydrogen) atoms. The predicted molar refractivity (Wildman–Crippen MR) is 69.8 cm³/mol. The van der Waals surface area contributed by atoms with Crippen molar-refractivity contribution >= 4 is 11.6 Å². The topological polar surface area (TPSA) is 73.6 Å². The number of nitrogens with one attached hydrogen (secondary N) is 2. The maximum absolute atomic E-state index is 8.51. The highest BCUT2D eigenvalue weighted by Gasteiger charge is 2.00. The molecule has 5 nitrogen and oxygen atoms in total. The number of nitriles is 1. The number of aromatic nitrogens is 2. The van der Waals surface area contributed by atoms with Crippen molar-refractivity contribution in [2.45, 2.75) is 13.5 Å². The molecular weight excluding hydrogens is 226 g/mol. The maximum Gasteiger partial charge on any atom is 0.182 e. The average molecular weight is 239 g/mol. The van der Waals surface area contributed by atoms with Crippen LogP contribution in [0.5, 0.6) is 0 Å². The molecule has 1 aromatic carbocycles. The van der Waals surface area contributed by atoms with E-state index in [1.54, 1.807) is 6.07 Å². The van der Waals surface area contributed by atoms with Crippen LogP contribution in [-0.4, -0.2) is 9.97 Å². The second-order valence-electron chi connectivity index (χ2n) is 3.81. The second kappa shape index (κ2) is 5.64. The summed E-state index contributed by atoms with van der Waals surface area (Å²) in [5.41, 5.74) is 2.44. The van der Waals surface area contributed by atoms with Gasteiger partial charge in [0.05, 0.1) is 0 Å². The van der Waals surface area contributed by atoms with E-state index in [0.29, 0.717) is 18.2 Å². The summed E-state index contributed by atoms with van der Waals surface area (Å²) < 4.78 is 0. The Balaban J connectivity index is 2.04. The van der Waals surface area contributed by atoms with Crippen LogP contribution in [0.15, 0.2) is 36.7 Å². The van der Waals surface area contributed by atoms with Gasteiger partial charge in [-0.25, -0.2) is 9.97 Å². The lowest BCUT2D eigenvalue weighted by atomic mass is 10.1. The van der Waals surface area contributed by atoms with Crippen molar-refractivity contribution in [2.75, 3.05) is 10.6 Å². The van der Waals surface area contributed by atoms with Crippen molar-refractivity contribution in [3.8, 4) is 6.19 Å². The summed E-state index contributed by atoms with van der Waals surface area (Å²) in [5.74, 6) is 1.17. The summed E-state index contributed by atoms with van der Waals surface area (Å²) in [4.78, 5) is 8.01. The lowest BCUT2D eigenvalue weighted by Crippen LogP contribution is -2.04. The zero-order chi connectivity index (χ0) is 12.8. The maximum atomic E-state index is 8.51. The van der Waals surface area contributed by atoms with Crippen LogP contribution >= 0.6 is 0 Å². The van der Waals surface area contributed by atoms with Crippen LogP contribution in [0.3, 0.4) is 0 Å². The van der Waals surface area contributed by atoms with Crippen LogP contribution in [-0.2, 0) is 6.54 Å². The van der Waals surface area contributed by atoms with E-state index in [4.69, 9.17) is 5.26 Å². The molecule has 5 heteroatoms. The van der Waals surface area contributed by atoms with Gasteiger partial charge in [-0.3, -0.25) is 5.32 Å². The number of anilines is 2. The van der Waals surface area contributed by atoms with Crippen LogP contribution < -0.4 is 10.6 Å². The van der Waals surface area contributed by atoms with Gasteiger partial charge in [0.1, 0.15) is 18.0 Å². The van der Waals surface area contributed by atoms with Crippen molar-refractivity contribution in [3.63, 3.8) is 0 Å². The van der Waals surface area contributed by atoms with Gasteiger partial charge in [-0.15, -0.1) is 0 Å². The fraction of sp³-hybridized carbons (Fsp3) is 0.154. The lowest BCUT2D eigenvalue weighted by Gasteiger charge is -2.08. The Morgan fingerprint density at radius 1 is 1.22 bits per heavy atom. The summed E-state index contributed by atoms with van der Waals surface area (Å²) >= 11 is 0. The Morgan fingerprint density at radius 3 is 2.78 bits per heavy atom. The molecule has 1 heterocycles. The molecule has 0 atom stereocenters. The predicted octanol–water partition coefficient (Wildman–Crippen LogP) is 2.29. The van der Waals surface area contributed by atoms with Crippen LogP contribution in [0.25, 0.3) is 0 Å². The van der Waals surface area contributed by atoms with Gasteiger partial charge in [-0.2, -0.15) is 5.26 Å². The third-order valence-corrected chi connectivity index (χ3v) is 2.57. The van der Waals surface area contributed by atoms with Gasteiger partial charge in [0.2, 0.25) is 0 Å². The minimum Gasteiger partial charge on any atom is -0.366 e. The highest BCUT2D eigenvalue weighted by atomic mass is 15.1. The van der Waals surface area contributed by atoms with E-state index in [1.165, 1.54) is 17.5 Å². The quantitative estimate of drug-likeness (QED) is 0.632. The van der Waals surface area contributed by atoms with Crippen molar-refractivity contribution in [3.05, 3.63) is 47.8 Å². The monoisotopic (exact) mass is 239 g/mol. The molecule has 2 aromatic rings. The number of hydrogen-bond acceptors (Lipinski definition) is 5. The first-order valence-electron chi connectivity index (χ1n) is 5.55. The molecule has 2 rings (SSSR count). The van der Waals surface area contributed by atoms with Crippen LogP contribution in [0.2, 0.25) is 0 Å². The molecule has 2 N–H and O–H groups in total. The molecule has 0 unspecified atom stereocenters. The molecule has 0 saturated heterocycles. The number of nitrogens with zero attached hydrogens (tertiary/aromatic N) is 3. The van der Waals surface area contributed by atoms with E-state index in [0.717, 1.165) is 0 Å². The van der Waals surface area contributed by atoms with Crippen LogP contribution in [0, 0.1) is 18.4 Å². The summed E-state index contributed by atoms with van der Waals surface area (Å²) in [5, 5.41) is 14.2. The number of aryl methyl sites for hydroxylation is 1. The Labute approximate surface area is 106 Å². The first kappa shape index (κ1) is 11.9. The summed E-state index contributed by atoms with van der Waals surface area (Å²) in [6.45, 7) is 2.76. The molecule has 90 valence electrons. The van der Waals surface area contributed by atoms with Gasteiger partial charge in [-0.1, -0.05) is 24.3 Å². The Hall–Kier alpha value is -2.61. The van der Waals surface area contributed by atoms with Crippen molar-refractivity contribution in [1.29, 1.82) is 5.26 Å². The van der Waals surface area contributed by atoms with E-state index in [2.05, 4.69) is 39.7 Å². The number of rotatable bonds is 4. The summed E-state index contributed by atoms with van der Waals surface area (Å²) in [7, 11) is 0. The van der Waals surface area contributed by atoms with Gasteiger partial charge in [0.25, 0.3) is 0 Å². The fourth-order valence-electron chi connectivity index (χ4n) is 1.57. The molecule has 0 aliphatic carbocycles.